The van der Waals surface area contributed by atoms with Crippen molar-refractivity contribution in [3.8, 4) is 33.6 Å². The minimum Gasteiger partial charge on any atom is -0.454 e. The summed E-state index contributed by atoms with van der Waals surface area (Å²) in [4.78, 5) is 9.62. The molecule has 5 heteroatoms. The Balaban J connectivity index is 1.23. The maximum atomic E-state index is 6.14. The predicted molar refractivity (Wildman–Crippen MR) is 201 cm³/mol. The van der Waals surface area contributed by atoms with Crippen LogP contribution >= 0.6 is 0 Å². The van der Waals surface area contributed by atoms with Gasteiger partial charge in [0.2, 0.25) is 0 Å². The number of rotatable bonds is 5. The second-order valence-electron chi connectivity index (χ2n) is 12.6. The number of hydrogen-bond donors (Lipinski definition) is 0. The van der Waals surface area contributed by atoms with E-state index in [2.05, 4.69) is 155 Å². The number of aryl methyl sites for hydroxylation is 1. The van der Waals surface area contributed by atoms with Crippen LogP contribution in [0.2, 0.25) is 0 Å². The van der Waals surface area contributed by atoms with E-state index in [0.717, 1.165) is 79.0 Å². The maximum Gasteiger partial charge on any atom is 0.153 e. The van der Waals surface area contributed by atoms with Gasteiger partial charge in [0.15, 0.2) is 5.58 Å². The van der Waals surface area contributed by atoms with E-state index < -0.39 is 0 Å². The van der Waals surface area contributed by atoms with Gasteiger partial charge < -0.3 is 8.98 Å². The van der Waals surface area contributed by atoms with E-state index >= 15 is 0 Å². The summed E-state index contributed by atoms with van der Waals surface area (Å²) in [6, 6.07) is 51.8. The van der Waals surface area contributed by atoms with Crippen LogP contribution in [0.3, 0.4) is 0 Å². The number of fused-ring (bicyclic) bond motifs is 7. The van der Waals surface area contributed by atoms with Crippen LogP contribution in [0.1, 0.15) is 12.7 Å². The molecule has 0 fully saturated rings. The lowest BCUT2D eigenvalue weighted by Crippen LogP contribution is -2.00. The molecule has 10 rings (SSSR count). The topological polar surface area (TPSA) is 48.8 Å². The van der Waals surface area contributed by atoms with Gasteiger partial charge in [0.1, 0.15) is 16.9 Å². The number of para-hydroxylation sites is 4. The van der Waals surface area contributed by atoms with Crippen LogP contribution in [-0.2, 0) is 6.42 Å². The molecule has 4 aromatic heterocycles. The fourth-order valence-corrected chi connectivity index (χ4v) is 7.48. The monoisotopic (exact) mass is 630 g/mol. The molecule has 0 amide bonds. The van der Waals surface area contributed by atoms with Gasteiger partial charge in [-0.3, -0.25) is 9.55 Å². The van der Waals surface area contributed by atoms with Crippen molar-refractivity contribution in [1.82, 2.24) is 19.1 Å². The van der Waals surface area contributed by atoms with Gasteiger partial charge in [0, 0.05) is 40.2 Å². The van der Waals surface area contributed by atoms with Crippen LogP contribution in [0.4, 0.5) is 0 Å². The number of benzene rings is 6. The van der Waals surface area contributed by atoms with Crippen molar-refractivity contribution in [3.63, 3.8) is 0 Å². The van der Waals surface area contributed by atoms with Crippen LogP contribution in [0.25, 0.3) is 88.5 Å². The number of pyridine rings is 1. The maximum absolute atomic E-state index is 6.14. The number of furan rings is 1. The predicted octanol–water partition coefficient (Wildman–Crippen LogP) is 11.3. The summed E-state index contributed by atoms with van der Waals surface area (Å²) >= 11 is 0. The Labute approximate surface area is 282 Å². The van der Waals surface area contributed by atoms with Crippen LogP contribution in [0.5, 0.6) is 0 Å². The zero-order chi connectivity index (χ0) is 32.5. The molecule has 10 aromatic rings. The summed E-state index contributed by atoms with van der Waals surface area (Å²) in [6.07, 6.45) is 2.66. The third kappa shape index (κ3) is 4.32. The molecule has 0 bridgehead atoms. The van der Waals surface area contributed by atoms with Crippen molar-refractivity contribution < 1.29 is 4.42 Å². The van der Waals surface area contributed by atoms with Crippen LogP contribution < -0.4 is 0 Å². The lowest BCUT2D eigenvalue weighted by molar-refractivity contribution is 0.668. The normalized spacial score (nSPS) is 11.9. The second kappa shape index (κ2) is 10.8. The molecule has 0 spiro atoms. The van der Waals surface area contributed by atoms with Gasteiger partial charge in [-0.05, 0) is 101 Å². The molecular formula is C44H30N4O. The number of hydrogen-bond acceptors (Lipinski definition) is 3. The van der Waals surface area contributed by atoms with E-state index in [1.807, 2.05) is 18.3 Å². The highest BCUT2D eigenvalue weighted by Gasteiger charge is 2.17. The van der Waals surface area contributed by atoms with Gasteiger partial charge in [-0.25, -0.2) is 4.98 Å². The molecule has 0 saturated carbocycles. The van der Waals surface area contributed by atoms with E-state index in [9.17, 15) is 0 Å². The fourth-order valence-electron chi connectivity index (χ4n) is 7.48. The molecule has 49 heavy (non-hydrogen) atoms. The van der Waals surface area contributed by atoms with Crippen molar-refractivity contribution in [3.05, 3.63) is 158 Å². The van der Waals surface area contributed by atoms with Gasteiger partial charge >= 0.3 is 0 Å². The van der Waals surface area contributed by atoms with Crippen molar-refractivity contribution in [2.75, 3.05) is 0 Å². The number of nitrogens with zero attached hydrogens (tertiary/aromatic N) is 4. The second-order valence-corrected chi connectivity index (χ2v) is 12.6. The van der Waals surface area contributed by atoms with E-state index in [1.165, 1.54) is 21.8 Å². The average molecular weight is 631 g/mol. The zero-order valence-electron chi connectivity index (χ0n) is 26.8. The largest absolute Gasteiger partial charge is 0.454 e. The molecule has 0 radical (unpaired) electrons. The molecule has 0 unspecified atom stereocenters. The first kappa shape index (κ1) is 27.6. The highest BCUT2D eigenvalue weighted by molar-refractivity contribution is 6.09. The van der Waals surface area contributed by atoms with E-state index in [-0.39, 0.29) is 0 Å². The molecule has 232 valence electrons. The van der Waals surface area contributed by atoms with Crippen molar-refractivity contribution in [2.24, 2.45) is 0 Å². The summed E-state index contributed by atoms with van der Waals surface area (Å²) in [5.41, 5.74) is 13.7. The molecule has 4 heterocycles. The Hall–Kier alpha value is -6.46. The Morgan fingerprint density at radius 2 is 1.20 bits per heavy atom. The van der Waals surface area contributed by atoms with Gasteiger partial charge in [0.25, 0.3) is 0 Å². The van der Waals surface area contributed by atoms with Gasteiger partial charge in [-0.2, -0.15) is 0 Å². The number of aromatic nitrogens is 4. The Bertz CT molecular complexity index is 2830. The third-order valence-corrected chi connectivity index (χ3v) is 9.70. The lowest BCUT2D eigenvalue weighted by Gasteiger charge is -2.15. The highest BCUT2D eigenvalue weighted by atomic mass is 16.3. The minimum atomic E-state index is 0.796. The standard InChI is InChI=1S/C44H30N4O/c1-2-43-46-37-15-5-8-18-40(37)48(43)32-12-9-11-28(24-32)30-23-31(29-20-21-41-36(27-29)44-42(49-41)19-10-22-45-44)26-33(25-30)47-38-16-6-3-13-34(38)35-14-4-7-17-39(35)47/h3-27H,2H2,1H3. The van der Waals surface area contributed by atoms with E-state index in [4.69, 9.17) is 9.40 Å². The van der Waals surface area contributed by atoms with Gasteiger partial charge in [-0.15, -0.1) is 0 Å². The minimum absolute atomic E-state index is 0.796. The first-order chi connectivity index (χ1) is 24.2. The molecule has 5 nitrogen and oxygen atoms in total. The van der Waals surface area contributed by atoms with Gasteiger partial charge in [-0.1, -0.05) is 73.7 Å². The van der Waals surface area contributed by atoms with Crippen molar-refractivity contribution in [2.45, 2.75) is 13.3 Å². The summed E-state index contributed by atoms with van der Waals surface area (Å²) in [6.45, 7) is 2.17. The Morgan fingerprint density at radius 3 is 1.98 bits per heavy atom. The Kier molecular flexibility index (Phi) is 6.09. The first-order valence-corrected chi connectivity index (χ1v) is 16.7. The van der Waals surface area contributed by atoms with Crippen molar-refractivity contribution >= 4 is 54.9 Å². The number of imidazole rings is 1. The SMILES string of the molecule is CCc1nc2ccccc2n1-c1cccc(-c2cc(-c3ccc4oc5cccnc5c4c3)cc(-n3c4ccccc4c4ccccc43)c2)c1. The molecule has 0 atom stereocenters. The molecule has 0 saturated heterocycles. The summed E-state index contributed by atoms with van der Waals surface area (Å²) in [5, 5.41) is 3.49. The van der Waals surface area contributed by atoms with Crippen LogP contribution in [0.15, 0.2) is 156 Å². The van der Waals surface area contributed by atoms with Crippen LogP contribution in [0, 0.1) is 0 Å². The van der Waals surface area contributed by atoms with Gasteiger partial charge in [0.05, 0.1) is 22.1 Å². The summed E-state index contributed by atoms with van der Waals surface area (Å²) < 4.78 is 10.8. The van der Waals surface area contributed by atoms with Crippen molar-refractivity contribution in [1.29, 1.82) is 0 Å². The third-order valence-electron chi connectivity index (χ3n) is 9.70. The van der Waals surface area contributed by atoms with E-state index in [1.54, 1.807) is 0 Å². The van der Waals surface area contributed by atoms with Crippen LogP contribution in [-0.4, -0.2) is 19.1 Å². The summed E-state index contributed by atoms with van der Waals surface area (Å²) in [5.74, 6) is 1.05. The average Bonchev–Trinajstić information content (AvgIpc) is 3.84. The molecule has 0 N–H and O–H groups in total. The molecule has 0 aliphatic heterocycles. The highest BCUT2D eigenvalue weighted by Crippen LogP contribution is 2.38. The molecule has 0 aliphatic carbocycles. The lowest BCUT2D eigenvalue weighted by atomic mass is 9.96. The molecular weight excluding hydrogens is 601 g/mol. The quantitative estimate of drug-likeness (QED) is 0.190. The molecule has 0 aliphatic rings. The smallest absolute Gasteiger partial charge is 0.153 e. The summed E-state index contributed by atoms with van der Waals surface area (Å²) in [7, 11) is 0. The Morgan fingerprint density at radius 1 is 0.510 bits per heavy atom. The van der Waals surface area contributed by atoms with E-state index in [0.29, 0.717) is 0 Å². The zero-order valence-corrected chi connectivity index (χ0v) is 26.8. The fraction of sp³-hybridized carbons (Fsp3) is 0.0455. The first-order valence-electron chi connectivity index (χ1n) is 16.7. The molecule has 6 aromatic carbocycles.